The van der Waals surface area contributed by atoms with Crippen molar-refractivity contribution in [1.29, 1.82) is 0 Å². The monoisotopic (exact) mass is 192 g/mol. The molecular weight excluding hydrogens is 176 g/mol. The van der Waals surface area contributed by atoms with E-state index < -0.39 is 0 Å². The van der Waals surface area contributed by atoms with Crippen LogP contribution in [0.5, 0.6) is 0 Å². The molecule has 0 radical (unpaired) electrons. The van der Waals surface area contributed by atoms with Gasteiger partial charge in [0.25, 0.3) is 0 Å². The van der Waals surface area contributed by atoms with Crippen LogP contribution >= 0.6 is 0 Å². The summed E-state index contributed by atoms with van der Waals surface area (Å²) >= 11 is 0. The molecule has 0 atom stereocenters. The Kier molecular flexibility index (Phi) is 2.81. The van der Waals surface area contributed by atoms with Gasteiger partial charge in [-0.25, -0.2) is 4.98 Å². The topological polar surface area (TPSA) is 42.2 Å². The molecule has 4 heteroatoms. The second-order valence-electron chi connectivity index (χ2n) is 3.42. The minimum Gasteiger partial charge on any atom is -0.367 e. The van der Waals surface area contributed by atoms with E-state index in [4.69, 9.17) is 0 Å². The second kappa shape index (κ2) is 4.26. The maximum absolute atomic E-state index is 4.36. The normalized spacial score (nSPS) is 15.6. The van der Waals surface area contributed by atoms with Crippen molar-refractivity contribution < 1.29 is 0 Å². The molecule has 2 heterocycles. The SMILES string of the molecule is CCn1ccnc1CNC1=NCCC1. The van der Waals surface area contributed by atoms with E-state index in [-0.39, 0.29) is 0 Å². The van der Waals surface area contributed by atoms with E-state index in [2.05, 4.69) is 26.8 Å². The minimum absolute atomic E-state index is 0.791. The summed E-state index contributed by atoms with van der Waals surface area (Å²) in [6, 6.07) is 0. The molecule has 2 rings (SSSR count). The summed E-state index contributed by atoms with van der Waals surface area (Å²) in [7, 11) is 0. The Balaban J connectivity index is 1.91. The lowest BCUT2D eigenvalue weighted by Gasteiger charge is -2.06. The first-order chi connectivity index (χ1) is 6.90. The van der Waals surface area contributed by atoms with Crippen LogP contribution in [0.2, 0.25) is 0 Å². The fourth-order valence-corrected chi connectivity index (χ4v) is 1.66. The van der Waals surface area contributed by atoms with Gasteiger partial charge in [0.1, 0.15) is 5.82 Å². The minimum atomic E-state index is 0.791. The van der Waals surface area contributed by atoms with E-state index in [0.717, 1.165) is 37.7 Å². The summed E-state index contributed by atoms with van der Waals surface area (Å²) in [6.45, 7) is 4.87. The van der Waals surface area contributed by atoms with Crippen LogP contribution in [0, 0.1) is 0 Å². The molecule has 0 fully saturated rings. The molecule has 1 aliphatic rings. The van der Waals surface area contributed by atoms with E-state index in [1.165, 1.54) is 6.42 Å². The number of imidazole rings is 1. The Morgan fingerprint density at radius 1 is 1.57 bits per heavy atom. The molecule has 14 heavy (non-hydrogen) atoms. The van der Waals surface area contributed by atoms with Crippen molar-refractivity contribution in [3.8, 4) is 0 Å². The largest absolute Gasteiger partial charge is 0.367 e. The van der Waals surface area contributed by atoms with E-state index in [9.17, 15) is 0 Å². The smallest absolute Gasteiger partial charge is 0.128 e. The van der Waals surface area contributed by atoms with Crippen molar-refractivity contribution in [3.63, 3.8) is 0 Å². The Morgan fingerprint density at radius 3 is 3.21 bits per heavy atom. The van der Waals surface area contributed by atoms with Gasteiger partial charge in [-0.1, -0.05) is 0 Å². The number of nitrogens with one attached hydrogen (secondary N) is 1. The standard InChI is InChI=1S/C10H16N4/c1-2-14-7-6-12-10(14)8-13-9-4-3-5-11-9/h6-7H,2-5,8H2,1H3,(H,11,13). The lowest BCUT2D eigenvalue weighted by Crippen LogP contribution is -2.22. The first-order valence-electron chi connectivity index (χ1n) is 5.17. The van der Waals surface area contributed by atoms with E-state index in [1.54, 1.807) is 0 Å². The molecule has 0 spiro atoms. The first-order valence-corrected chi connectivity index (χ1v) is 5.17. The first kappa shape index (κ1) is 9.24. The maximum Gasteiger partial charge on any atom is 0.128 e. The van der Waals surface area contributed by atoms with Gasteiger partial charge in [-0.05, 0) is 13.3 Å². The number of hydrogen-bond donors (Lipinski definition) is 1. The van der Waals surface area contributed by atoms with E-state index >= 15 is 0 Å². The molecule has 0 aliphatic carbocycles. The van der Waals surface area contributed by atoms with Crippen molar-refractivity contribution in [2.75, 3.05) is 6.54 Å². The summed E-state index contributed by atoms with van der Waals surface area (Å²) < 4.78 is 2.14. The second-order valence-corrected chi connectivity index (χ2v) is 3.42. The quantitative estimate of drug-likeness (QED) is 0.781. The third-order valence-corrected chi connectivity index (χ3v) is 2.47. The van der Waals surface area contributed by atoms with Crippen LogP contribution in [0.3, 0.4) is 0 Å². The van der Waals surface area contributed by atoms with Crippen molar-refractivity contribution >= 4 is 5.84 Å². The molecule has 76 valence electrons. The molecule has 0 saturated heterocycles. The number of aromatic nitrogens is 2. The molecule has 0 unspecified atom stereocenters. The average molecular weight is 192 g/mol. The number of nitrogens with zero attached hydrogens (tertiary/aromatic N) is 3. The highest BCUT2D eigenvalue weighted by Crippen LogP contribution is 2.03. The molecule has 0 saturated carbocycles. The van der Waals surface area contributed by atoms with E-state index in [0.29, 0.717) is 0 Å². The number of aryl methyl sites for hydroxylation is 1. The van der Waals surface area contributed by atoms with Crippen molar-refractivity contribution in [2.24, 2.45) is 4.99 Å². The zero-order valence-corrected chi connectivity index (χ0v) is 8.53. The van der Waals surface area contributed by atoms with Crippen LogP contribution in [-0.4, -0.2) is 21.9 Å². The summed E-state index contributed by atoms with van der Waals surface area (Å²) in [4.78, 5) is 8.65. The molecule has 1 aromatic heterocycles. The highest BCUT2D eigenvalue weighted by atomic mass is 15.1. The molecule has 0 amide bonds. The van der Waals surface area contributed by atoms with Gasteiger partial charge in [0.15, 0.2) is 0 Å². The lowest BCUT2D eigenvalue weighted by molar-refractivity contribution is 0.676. The molecule has 1 aromatic rings. The Bertz CT molecular complexity index is 327. The van der Waals surface area contributed by atoms with Crippen LogP contribution in [0.1, 0.15) is 25.6 Å². The van der Waals surface area contributed by atoms with Gasteiger partial charge in [-0.3, -0.25) is 4.99 Å². The highest BCUT2D eigenvalue weighted by molar-refractivity contribution is 5.83. The van der Waals surface area contributed by atoms with Crippen LogP contribution in [0.4, 0.5) is 0 Å². The summed E-state index contributed by atoms with van der Waals surface area (Å²) in [5.74, 6) is 2.22. The molecule has 0 bridgehead atoms. The third kappa shape index (κ3) is 1.95. The fraction of sp³-hybridized carbons (Fsp3) is 0.600. The van der Waals surface area contributed by atoms with Crippen LogP contribution in [0.15, 0.2) is 17.4 Å². The maximum atomic E-state index is 4.36. The van der Waals surface area contributed by atoms with Crippen molar-refractivity contribution in [3.05, 3.63) is 18.2 Å². The Labute approximate surface area is 84.1 Å². The molecule has 1 aliphatic heterocycles. The molecule has 1 N–H and O–H groups in total. The molecular formula is C10H16N4. The van der Waals surface area contributed by atoms with Gasteiger partial charge < -0.3 is 9.88 Å². The van der Waals surface area contributed by atoms with Crippen LogP contribution < -0.4 is 5.32 Å². The fourth-order valence-electron chi connectivity index (χ4n) is 1.66. The molecule has 4 nitrogen and oxygen atoms in total. The van der Waals surface area contributed by atoms with Gasteiger partial charge in [0.05, 0.1) is 12.4 Å². The van der Waals surface area contributed by atoms with Gasteiger partial charge in [0, 0.05) is 31.9 Å². The lowest BCUT2D eigenvalue weighted by atomic mass is 10.3. The van der Waals surface area contributed by atoms with Crippen LogP contribution in [-0.2, 0) is 13.1 Å². The van der Waals surface area contributed by atoms with Crippen molar-refractivity contribution in [2.45, 2.75) is 32.9 Å². The number of hydrogen-bond acceptors (Lipinski definition) is 3. The number of rotatable bonds is 3. The Hall–Kier alpha value is -1.32. The average Bonchev–Trinajstić information content (AvgIpc) is 2.85. The zero-order chi connectivity index (χ0) is 9.80. The summed E-state index contributed by atoms with van der Waals surface area (Å²) in [6.07, 6.45) is 6.13. The van der Waals surface area contributed by atoms with Gasteiger partial charge in [-0.2, -0.15) is 0 Å². The summed E-state index contributed by atoms with van der Waals surface area (Å²) in [5, 5.41) is 3.33. The Morgan fingerprint density at radius 2 is 2.50 bits per heavy atom. The predicted octanol–water partition coefficient (Wildman–Crippen LogP) is 1.18. The number of amidine groups is 1. The van der Waals surface area contributed by atoms with Crippen molar-refractivity contribution in [1.82, 2.24) is 14.9 Å². The van der Waals surface area contributed by atoms with E-state index in [1.807, 2.05) is 12.4 Å². The number of aliphatic imine (C=N–C) groups is 1. The zero-order valence-electron chi connectivity index (χ0n) is 8.53. The predicted molar refractivity (Wildman–Crippen MR) is 56.3 cm³/mol. The molecule has 0 aromatic carbocycles. The van der Waals surface area contributed by atoms with Gasteiger partial charge >= 0.3 is 0 Å². The van der Waals surface area contributed by atoms with Gasteiger partial charge in [-0.15, -0.1) is 0 Å². The summed E-state index contributed by atoms with van der Waals surface area (Å²) in [5.41, 5.74) is 0. The van der Waals surface area contributed by atoms with Gasteiger partial charge in [0.2, 0.25) is 0 Å². The highest BCUT2D eigenvalue weighted by Gasteiger charge is 2.06. The third-order valence-electron chi connectivity index (χ3n) is 2.47. The van der Waals surface area contributed by atoms with Crippen LogP contribution in [0.25, 0.3) is 0 Å².